The van der Waals surface area contributed by atoms with E-state index in [-0.39, 0.29) is 18.1 Å². The highest BCUT2D eigenvalue weighted by Crippen LogP contribution is 2.25. The number of nitrogens with zero attached hydrogens (tertiary/aromatic N) is 1. The smallest absolute Gasteiger partial charge is 0.222 e. The Balaban J connectivity index is 2.36. The zero-order valence-electron chi connectivity index (χ0n) is 12.4. The standard InChI is InChI=1S/C15H29NO2/c1-12(17)11-13-7-6-10-16(13)14(18)8-5-9-15(2,3)4/h12-13,17H,5-11H2,1-4H3. The van der Waals surface area contributed by atoms with Crippen molar-refractivity contribution in [1.82, 2.24) is 4.90 Å². The molecule has 3 nitrogen and oxygen atoms in total. The molecule has 1 aliphatic rings. The van der Waals surface area contributed by atoms with E-state index in [1.54, 1.807) is 6.92 Å². The van der Waals surface area contributed by atoms with Crippen LogP contribution in [0.5, 0.6) is 0 Å². The van der Waals surface area contributed by atoms with E-state index in [2.05, 4.69) is 20.8 Å². The Kier molecular flexibility index (Phi) is 5.64. The zero-order valence-corrected chi connectivity index (χ0v) is 12.4. The molecule has 0 saturated carbocycles. The van der Waals surface area contributed by atoms with Crippen LogP contribution in [0.1, 0.15) is 66.2 Å². The van der Waals surface area contributed by atoms with E-state index in [1.165, 1.54) is 0 Å². The number of rotatable bonds is 5. The molecule has 2 atom stereocenters. The van der Waals surface area contributed by atoms with Crippen LogP contribution in [0.4, 0.5) is 0 Å². The van der Waals surface area contributed by atoms with Gasteiger partial charge in [-0.25, -0.2) is 0 Å². The molecule has 106 valence electrons. The first-order valence-corrected chi connectivity index (χ1v) is 7.27. The van der Waals surface area contributed by atoms with Gasteiger partial charge in [-0.2, -0.15) is 0 Å². The van der Waals surface area contributed by atoms with Crippen molar-refractivity contribution in [1.29, 1.82) is 0 Å². The Morgan fingerprint density at radius 2 is 2.11 bits per heavy atom. The third-order valence-electron chi connectivity index (χ3n) is 3.63. The lowest BCUT2D eigenvalue weighted by molar-refractivity contribution is -0.132. The molecule has 1 N–H and O–H groups in total. The topological polar surface area (TPSA) is 40.5 Å². The number of carbonyl (C=O) groups is 1. The van der Waals surface area contributed by atoms with Gasteiger partial charge in [0.15, 0.2) is 0 Å². The second-order valence-corrected chi connectivity index (χ2v) is 6.88. The lowest BCUT2D eigenvalue weighted by Crippen LogP contribution is -2.37. The largest absolute Gasteiger partial charge is 0.393 e. The summed E-state index contributed by atoms with van der Waals surface area (Å²) in [6.07, 6.45) is 5.28. The first-order chi connectivity index (χ1) is 8.29. The number of carbonyl (C=O) groups excluding carboxylic acids is 1. The summed E-state index contributed by atoms with van der Waals surface area (Å²) in [6, 6.07) is 0.270. The third kappa shape index (κ3) is 5.38. The molecule has 1 amide bonds. The molecule has 0 aromatic carbocycles. The fourth-order valence-electron chi connectivity index (χ4n) is 2.72. The SMILES string of the molecule is CC(O)CC1CCCN1C(=O)CCCC(C)(C)C. The number of hydrogen-bond acceptors (Lipinski definition) is 2. The third-order valence-corrected chi connectivity index (χ3v) is 3.63. The summed E-state index contributed by atoms with van der Waals surface area (Å²) in [7, 11) is 0. The second-order valence-electron chi connectivity index (χ2n) is 6.88. The Morgan fingerprint density at radius 3 is 2.67 bits per heavy atom. The molecule has 0 aromatic rings. The van der Waals surface area contributed by atoms with Gasteiger partial charge < -0.3 is 10.0 Å². The van der Waals surface area contributed by atoms with Crippen molar-refractivity contribution < 1.29 is 9.90 Å². The predicted molar refractivity (Wildman–Crippen MR) is 74.3 cm³/mol. The molecule has 0 radical (unpaired) electrons. The highest BCUT2D eigenvalue weighted by molar-refractivity contribution is 5.76. The quantitative estimate of drug-likeness (QED) is 0.820. The van der Waals surface area contributed by atoms with E-state index in [0.29, 0.717) is 11.8 Å². The van der Waals surface area contributed by atoms with Gasteiger partial charge in [-0.1, -0.05) is 20.8 Å². The fraction of sp³-hybridized carbons (Fsp3) is 0.933. The van der Waals surface area contributed by atoms with Crippen molar-refractivity contribution >= 4 is 5.91 Å². The van der Waals surface area contributed by atoms with Crippen molar-refractivity contribution in [2.24, 2.45) is 5.41 Å². The summed E-state index contributed by atoms with van der Waals surface area (Å²) in [5.41, 5.74) is 0.310. The van der Waals surface area contributed by atoms with Crippen molar-refractivity contribution in [2.45, 2.75) is 78.4 Å². The molecule has 18 heavy (non-hydrogen) atoms. The number of amides is 1. The lowest BCUT2D eigenvalue weighted by Gasteiger charge is -2.26. The van der Waals surface area contributed by atoms with Crippen LogP contribution < -0.4 is 0 Å². The van der Waals surface area contributed by atoms with E-state index in [0.717, 1.165) is 38.6 Å². The van der Waals surface area contributed by atoms with Crippen molar-refractivity contribution in [2.75, 3.05) is 6.54 Å². The molecule has 0 spiro atoms. The Hall–Kier alpha value is -0.570. The van der Waals surface area contributed by atoms with E-state index in [9.17, 15) is 9.90 Å². The van der Waals surface area contributed by atoms with Crippen LogP contribution in [-0.4, -0.2) is 34.6 Å². The summed E-state index contributed by atoms with van der Waals surface area (Å²) in [4.78, 5) is 14.2. The van der Waals surface area contributed by atoms with Gasteiger partial charge in [0.25, 0.3) is 0 Å². The molecule has 0 aromatic heterocycles. The molecule has 1 rings (SSSR count). The van der Waals surface area contributed by atoms with Crippen LogP contribution in [0, 0.1) is 5.41 Å². The van der Waals surface area contributed by atoms with Crippen LogP contribution in [0.15, 0.2) is 0 Å². The Labute approximate surface area is 112 Å². The molecule has 1 aliphatic heterocycles. The molecular weight excluding hydrogens is 226 g/mol. The monoisotopic (exact) mass is 255 g/mol. The maximum Gasteiger partial charge on any atom is 0.222 e. The average Bonchev–Trinajstić information content (AvgIpc) is 2.62. The number of aliphatic hydroxyl groups excluding tert-OH is 1. The van der Waals surface area contributed by atoms with Gasteiger partial charge in [0, 0.05) is 19.0 Å². The Morgan fingerprint density at radius 1 is 1.44 bits per heavy atom. The molecule has 1 fully saturated rings. The molecule has 1 heterocycles. The molecule has 2 unspecified atom stereocenters. The van der Waals surface area contributed by atoms with Gasteiger partial charge in [0.2, 0.25) is 5.91 Å². The van der Waals surface area contributed by atoms with Crippen LogP contribution in [0.3, 0.4) is 0 Å². The molecule has 1 saturated heterocycles. The molecule has 0 bridgehead atoms. The fourth-order valence-corrected chi connectivity index (χ4v) is 2.72. The molecule has 0 aliphatic carbocycles. The van der Waals surface area contributed by atoms with Crippen LogP contribution in [-0.2, 0) is 4.79 Å². The van der Waals surface area contributed by atoms with E-state index < -0.39 is 0 Å². The van der Waals surface area contributed by atoms with Gasteiger partial charge in [-0.05, 0) is 44.4 Å². The predicted octanol–water partition coefficient (Wildman–Crippen LogP) is 2.96. The Bertz CT molecular complexity index is 268. The molecule has 3 heteroatoms. The van der Waals surface area contributed by atoms with Gasteiger partial charge in [-0.15, -0.1) is 0 Å². The first kappa shape index (κ1) is 15.5. The maximum atomic E-state index is 12.2. The van der Waals surface area contributed by atoms with Gasteiger partial charge in [0.05, 0.1) is 6.10 Å². The zero-order chi connectivity index (χ0) is 13.8. The summed E-state index contributed by atoms with van der Waals surface area (Å²) in [5.74, 6) is 0.280. The summed E-state index contributed by atoms with van der Waals surface area (Å²) in [6.45, 7) is 9.32. The van der Waals surface area contributed by atoms with E-state index in [4.69, 9.17) is 0 Å². The lowest BCUT2D eigenvalue weighted by atomic mass is 9.90. The molecular formula is C15H29NO2. The average molecular weight is 255 g/mol. The van der Waals surface area contributed by atoms with Gasteiger partial charge >= 0.3 is 0 Å². The van der Waals surface area contributed by atoms with Crippen molar-refractivity contribution in [3.63, 3.8) is 0 Å². The number of hydrogen-bond donors (Lipinski definition) is 1. The van der Waals surface area contributed by atoms with Crippen LogP contribution in [0.2, 0.25) is 0 Å². The first-order valence-electron chi connectivity index (χ1n) is 7.27. The minimum atomic E-state index is -0.307. The normalized spacial score (nSPS) is 22.3. The van der Waals surface area contributed by atoms with Crippen molar-refractivity contribution in [3.05, 3.63) is 0 Å². The highest BCUT2D eigenvalue weighted by atomic mass is 16.3. The highest BCUT2D eigenvalue weighted by Gasteiger charge is 2.29. The minimum Gasteiger partial charge on any atom is -0.393 e. The van der Waals surface area contributed by atoms with E-state index in [1.807, 2.05) is 4.90 Å². The van der Waals surface area contributed by atoms with Crippen molar-refractivity contribution in [3.8, 4) is 0 Å². The second kappa shape index (κ2) is 6.55. The number of likely N-dealkylation sites (tertiary alicyclic amines) is 1. The summed E-state index contributed by atoms with van der Waals surface area (Å²) in [5, 5.41) is 9.46. The maximum absolute atomic E-state index is 12.2. The summed E-state index contributed by atoms with van der Waals surface area (Å²) >= 11 is 0. The van der Waals surface area contributed by atoms with Crippen LogP contribution in [0.25, 0.3) is 0 Å². The summed E-state index contributed by atoms with van der Waals surface area (Å²) < 4.78 is 0. The van der Waals surface area contributed by atoms with Crippen LogP contribution >= 0.6 is 0 Å². The van der Waals surface area contributed by atoms with E-state index >= 15 is 0 Å². The number of aliphatic hydroxyl groups is 1. The van der Waals surface area contributed by atoms with Gasteiger partial charge in [-0.3, -0.25) is 4.79 Å². The van der Waals surface area contributed by atoms with Gasteiger partial charge in [0.1, 0.15) is 0 Å². The minimum absolute atomic E-state index is 0.270.